The zero-order chi connectivity index (χ0) is 13.0. The number of benzene rings is 1. The molecule has 3 nitrogen and oxygen atoms in total. The van der Waals surface area contributed by atoms with Gasteiger partial charge in [-0.25, -0.2) is 0 Å². The van der Waals surface area contributed by atoms with Gasteiger partial charge in [0.15, 0.2) is 12.4 Å². The first-order chi connectivity index (χ1) is 8.69. The minimum Gasteiger partial charge on any atom is -1.00 e. The van der Waals surface area contributed by atoms with E-state index in [0.29, 0.717) is 16.1 Å². The zero-order valence-corrected chi connectivity index (χ0v) is 11.4. The van der Waals surface area contributed by atoms with Crippen molar-refractivity contribution in [1.82, 2.24) is 0 Å². The van der Waals surface area contributed by atoms with Crippen LogP contribution in [0.3, 0.4) is 0 Å². The summed E-state index contributed by atoms with van der Waals surface area (Å²) in [5.74, 6) is -0.0215. The maximum absolute atomic E-state index is 12.0. The van der Waals surface area contributed by atoms with Crippen molar-refractivity contribution in [2.24, 2.45) is 0 Å². The van der Waals surface area contributed by atoms with Crippen molar-refractivity contribution in [3.05, 3.63) is 64.9 Å². The molecule has 0 fully saturated rings. The summed E-state index contributed by atoms with van der Waals surface area (Å²) in [6, 6.07) is 12.1. The minimum absolute atomic E-state index is 0. The fourth-order valence-corrected chi connectivity index (χ4v) is 1.77. The molecular formula is C14H10Cl2N2O. The Balaban J connectivity index is 0.00000180. The van der Waals surface area contributed by atoms with Gasteiger partial charge < -0.3 is 12.4 Å². The van der Waals surface area contributed by atoms with Crippen LogP contribution >= 0.6 is 11.6 Å². The topological polar surface area (TPSA) is 44.7 Å². The molecular weight excluding hydrogens is 283 g/mol. The number of Topliss-reactive ketones (excluding diaryl/α,β-unsaturated/α-hetero) is 1. The molecule has 0 aliphatic rings. The van der Waals surface area contributed by atoms with Gasteiger partial charge in [0.05, 0.1) is 11.6 Å². The molecule has 2 aromatic rings. The van der Waals surface area contributed by atoms with Gasteiger partial charge in [0.25, 0.3) is 0 Å². The third kappa shape index (κ3) is 4.06. The standard InChI is InChI=1S/C14H10ClN2O.ClH/c15-13-2-1-7-17(9-13)10-14(18)12-5-3-11(8-16)4-6-12;/h1-7,9H,10H2;1H/q+1;/p-1. The van der Waals surface area contributed by atoms with Crippen LogP contribution in [-0.4, -0.2) is 5.78 Å². The van der Waals surface area contributed by atoms with Crippen LogP contribution in [0.4, 0.5) is 0 Å². The van der Waals surface area contributed by atoms with Gasteiger partial charge in [-0.2, -0.15) is 9.83 Å². The van der Waals surface area contributed by atoms with Crippen molar-refractivity contribution in [3.8, 4) is 6.07 Å². The minimum atomic E-state index is -0.0215. The first-order valence-corrected chi connectivity index (χ1v) is 5.75. The van der Waals surface area contributed by atoms with Gasteiger partial charge in [-0.05, 0) is 30.3 Å². The lowest BCUT2D eigenvalue weighted by molar-refractivity contribution is -0.683. The molecule has 5 heteroatoms. The summed E-state index contributed by atoms with van der Waals surface area (Å²) in [7, 11) is 0. The van der Waals surface area contributed by atoms with Crippen LogP contribution in [0.15, 0.2) is 48.8 Å². The zero-order valence-electron chi connectivity index (χ0n) is 9.88. The van der Waals surface area contributed by atoms with Crippen molar-refractivity contribution >= 4 is 17.4 Å². The van der Waals surface area contributed by atoms with Crippen LogP contribution in [0.2, 0.25) is 5.02 Å². The van der Waals surface area contributed by atoms with E-state index in [0.717, 1.165) is 0 Å². The van der Waals surface area contributed by atoms with E-state index in [-0.39, 0.29) is 24.7 Å². The SMILES string of the molecule is N#Cc1ccc(C(=O)C[n+]2cccc(Cl)c2)cc1.[Cl-]. The highest BCUT2D eigenvalue weighted by Crippen LogP contribution is 2.05. The van der Waals surface area contributed by atoms with E-state index < -0.39 is 0 Å². The van der Waals surface area contributed by atoms with Gasteiger partial charge in [-0.3, -0.25) is 4.79 Å². The summed E-state index contributed by atoms with van der Waals surface area (Å²) in [4.78, 5) is 12.0. The Morgan fingerprint density at radius 3 is 2.53 bits per heavy atom. The van der Waals surface area contributed by atoms with E-state index in [2.05, 4.69) is 0 Å². The molecule has 0 saturated carbocycles. The average Bonchev–Trinajstić information content (AvgIpc) is 2.39. The lowest BCUT2D eigenvalue weighted by Crippen LogP contribution is -3.00. The number of halogens is 2. The molecule has 0 radical (unpaired) electrons. The summed E-state index contributed by atoms with van der Waals surface area (Å²) >= 11 is 5.85. The summed E-state index contributed by atoms with van der Waals surface area (Å²) < 4.78 is 1.73. The van der Waals surface area contributed by atoms with Crippen LogP contribution in [0.1, 0.15) is 15.9 Å². The molecule has 0 bridgehead atoms. The summed E-state index contributed by atoms with van der Waals surface area (Å²) in [5, 5.41) is 9.27. The van der Waals surface area contributed by atoms with Gasteiger partial charge in [0.2, 0.25) is 12.3 Å². The Bertz CT molecular complexity index is 618. The van der Waals surface area contributed by atoms with Crippen LogP contribution in [0.5, 0.6) is 0 Å². The fraction of sp³-hybridized carbons (Fsp3) is 0.0714. The lowest BCUT2D eigenvalue weighted by atomic mass is 10.1. The second-order valence-corrected chi connectivity index (χ2v) is 4.24. The first kappa shape index (κ1) is 15.2. The fourth-order valence-electron chi connectivity index (χ4n) is 1.58. The van der Waals surface area contributed by atoms with Crippen LogP contribution < -0.4 is 17.0 Å². The Morgan fingerprint density at radius 2 is 1.95 bits per heavy atom. The number of pyridine rings is 1. The van der Waals surface area contributed by atoms with Gasteiger partial charge in [0, 0.05) is 11.6 Å². The number of hydrogen-bond acceptors (Lipinski definition) is 2. The maximum atomic E-state index is 12.0. The monoisotopic (exact) mass is 292 g/mol. The van der Waals surface area contributed by atoms with E-state index >= 15 is 0 Å². The molecule has 0 aliphatic carbocycles. The molecule has 0 aliphatic heterocycles. The molecule has 19 heavy (non-hydrogen) atoms. The molecule has 0 spiro atoms. The third-order valence-electron chi connectivity index (χ3n) is 2.48. The Morgan fingerprint density at radius 1 is 1.26 bits per heavy atom. The van der Waals surface area contributed by atoms with Crippen molar-refractivity contribution < 1.29 is 21.8 Å². The van der Waals surface area contributed by atoms with Gasteiger partial charge in [-0.15, -0.1) is 0 Å². The number of carbonyl (C=O) groups is 1. The van der Waals surface area contributed by atoms with Crippen molar-refractivity contribution in [1.29, 1.82) is 5.26 Å². The van der Waals surface area contributed by atoms with E-state index in [1.54, 1.807) is 53.4 Å². The van der Waals surface area contributed by atoms with Crippen molar-refractivity contribution in [2.75, 3.05) is 0 Å². The Kier molecular flexibility index (Phi) is 5.50. The number of rotatable bonds is 3. The van der Waals surface area contributed by atoms with E-state index in [1.165, 1.54) is 0 Å². The Hall–Kier alpha value is -1.89. The number of carbonyl (C=O) groups excluding carboxylic acids is 1. The smallest absolute Gasteiger partial charge is 0.227 e. The predicted molar refractivity (Wildman–Crippen MR) is 67.1 cm³/mol. The predicted octanol–water partition coefficient (Wildman–Crippen LogP) is -0.614. The van der Waals surface area contributed by atoms with Gasteiger partial charge in [0.1, 0.15) is 5.02 Å². The summed E-state index contributed by atoms with van der Waals surface area (Å²) in [6.45, 7) is 0.229. The average molecular weight is 293 g/mol. The molecule has 0 unspecified atom stereocenters. The molecule has 96 valence electrons. The molecule has 0 amide bonds. The van der Waals surface area contributed by atoms with Gasteiger partial charge >= 0.3 is 0 Å². The normalized spacial score (nSPS) is 9.26. The maximum Gasteiger partial charge on any atom is 0.227 e. The van der Waals surface area contributed by atoms with E-state index in [1.807, 2.05) is 6.07 Å². The second-order valence-electron chi connectivity index (χ2n) is 3.81. The van der Waals surface area contributed by atoms with Crippen molar-refractivity contribution in [3.63, 3.8) is 0 Å². The van der Waals surface area contributed by atoms with E-state index in [9.17, 15) is 4.79 Å². The van der Waals surface area contributed by atoms with Crippen LogP contribution in [0, 0.1) is 11.3 Å². The number of nitriles is 1. The molecule has 0 saturated heterocycles. The van der Waals surface area contributed by atoms with E-state index in [4.69, 9.17) is 16.9 Å². The molecule has 0 N–H and O–H groups in total. The number of hydrogen-bond donors (Lipinski definition) is 0. The number of aromatic nitrogens is 1. The molecule has 1 aromatic carbocycles. The molecule has 2 rings (SSSR count). The quantitative estimate of drug-likeness (QED) is 0.559. The van der Waals surface area contributed by atoms with Crippen LogP contribution in [-0.2, 0) is 6.54 Å². The molecule has 0 atom stereocenters. The number of nitrogens with zero attached hydrogens (tertiary/aromatic N) is 2. The van der Waals surface area contributed by atoms with Gasteiger partial charge in [-0.1, -0.05) is 11.6 Å². The van der Waals surface area contributed by atoms with Crippen molar-refractivity contribution in [2.45, 2.75) is 6.54 Å². The highest BCUT2D eigenvalue weighted by atomic mass is 35.5. The largest absolute Gasteiger partial charge is 1.00 e. The Labute approximate surface area is 122 Å². The first-order valence-electron chi connectivity index (χ1n) is 5.37. The molecule has 1 heterocycles. The molecule has 1 aromatic heterocycles. The summed E-state index contributed by atoms with van der Waals surface area (Å²) in [5.41, 5.74) is 1.13. The third-order valence-corrected chi connectivity index (χ3v) is 2.71. The van der Waals surface area contributed by atoms with Crippen LogP contribution in [0.25, 0.3) is 0 Å². The lowest BCUT2D eigenvalue weighted by Gasteiger charge is -1.98. The highest BCUT2D eigenvalue weighted by molar-refractivity contribution is 6.30. The highest BCUT2D eigenvalue weighted by Gasteiger charge is 2.12. The second kappa shape index (κ2) is 6.89. The number of ketones is 1. The summed E-state index contributed by atoms with van der Waals surface area (Å²) in [6.07, 6.45) is 3.48.